The molecule has 1 aromatic carbocycles. The van der Waals surface area contributed by atoms with Gasteiger partial charge in [0.1, 0.15) is 0 Å². The molecule has 3 heteroatoms. The van der Waals surface area contributed by atoms with Crippen LogP contribution in [0.1, 0.15) is 67.0 Å². The maximum Gasteiger partial charge on any atom is 0.0775 e. The lowest BCUT2D eigenvalue weighted by molar-refractivity contribution is -0.304. The Morgan fingerprint density at radius 2 is 1.72 bits per heavy atom. The minimum Gasteiger partial charge on any atom is -0.550 e. The van der Waals surface area contributed by atoms with Crippen LogP contribution < -0.4 is 5.11 Å². The van der Waals surface area contributed by atoms with E-state index in [0.29, 0.717) is 0 Å². The molecular formula is C22H23O2S-. The van der Waals surface area contributed by atoms with E-state index in [0.717, 1.165) is 15.3 Å². The van der Waals surface area contributed by atoms with Gasteiger partial charge in [-0.05, 0) is 59.1 Å². The summed E-state index contributed by atoms with van der Waals surface area (Å²) >= 11 is 1.41. The van der Waals surface area contributed by atoms with Crippen LogP contribution in [0.2, 0.25) is 0 Å². The number of benzene rings is 1. The Kier molecular flexibility index (Phi) is 4.51. The molecule has 2 nitrogen and oxygen atoms in total. The minimum absolute atomic E-state index is 0.0472. The Hall–Kier alpha value is -2.05. The molecule has 0 fully saturated rings. The highest BCUT2D eigenvalue weighted by atomic mass is 32.1. The largest absolute Gasteiger partial charge is 0.550 e. The molecule has 0 atom stereocenters. The summed E-state index contributed by atoms with van der Waals surface area (Å²) in [7, 11) is 0. The molecule has 25 heavy (non-hydrogen) atoms. The zero-order valence-corrected chi connectivity index (χ0v) is 16.0. The van der Waals surface area contributed by atoms with Crippen LogP contribution >= 0.6 is 11.3 Å². The van der Waals surface area contributed by atoms with Gasteiger partial charge in [-0.3, -0.25) is 0 Å². The predicted molar refractivity (Wildman–Crippen MR) is 101 cm³/mol. The molecule has 0 saturated carbocycles. The quantitative estimate of drug-likeness (QED) is 0.772. The van der Waals surface area contributed by atoms with Crippen LogP contribution in [0.5, 0.6) is 0 Å². The van der Waals surface area contributed by atoms with E-state index >= 15 is 0 Å². The number of aliphatic carboxylic acids is 1. The van der Waals surface area contributed by atoms with Crippen LogP contribution in [0.15, 0.2) is 30.3 Å². The number of hydrogen-bond donors (Lipinski definition) is 0. The fourth-order valence-corrected chi connectivity index (χ4v) is 4.33. The highest BCUT2D eigenvalue weighted by Crippen LogP contribution is 2.45. The van der Waals surface area contributed by atoms with Crippen molar-refractivity contribution in [1.82, 2.24) is 0 Å². The highest BCUT2D eigenvalue weighted by molar-refractivity contribution is 7.12. The Morgan fingerprint density at radius 1 is 1.04 bits per heavy atom. The first-order valence-corrected chi connectivity index (χ1v) is 9.45. The van der Waals surface area contributed by atoms with Crippen LogP contribution in [0.3, 0.4) is 0 Å². The van der Waals surface area contributed by atoms with Crippen molar-refractivity contribution < 1.29 is 9.90 Å². The highest BCUT2D eigenvalue weighted by Gasteiger charge is 2.36. The van der Waals surface area contributed by atoms with Crippen molar-refractivity contribution in [2.75, 3.05) is 0 Å². The van der Waals surface area contributed by atoms with Gasteiger partial charge >= 0.3 is 0 Å². The monoisotopic (exact) mass is 351 g/mol. The number of carboxylic acids is 1. The second-order valence-electron chi connectivity index (χ2n) is 8.09. The second-order valence-corrected chi connectivity index (χ2v) is 9.26. The van der Waals surface area contributed by atoms with Crippen LogP contribution in [0, 0.1) is 11.8 Å². The molecule has 3 rings (SSSR count). The number of rotatable bonds is 2. The lowest BCUT2D eigenvalue weighted by Gasteiger charge is -2.41. The van der Waals surface area contributed by atoms with Gasteiger partial charge in [0.05, 0.1) is 4.88 Å². The third-order valence-electron chi connectivity index (χ3n) is 5.16. The van der Waals surface area contributed by atoms with Gasteiger partial charge < -0.3 is 9.90 Å². The number of fused-ring (bicyclic) bond motifs is 1. The Balaban J connectivity index is 1.91. The lowest BCUT2D eigenvalue weighted by atomic mass is 9.63. The van der Waals surface area contributed by atoms with Crippen molar-refractivity contribution >= 4 is 17.3 Å². The zero-order chi connectivity index (χ0) is 18.2. The van der Waals surface area contributed by atoms with Gasteiger partial charge in [-0.1, -0.05) is 45.6 Å². The smallest absolute Gasteiger partial charge is 0.0775 e. The minimum atomic E-state index is -1.05. The Labute approximate surface area is 153 Å². The first-order chi connectivity index (χ1) is 11.7. The molecule has 1 heterocycles. The van der Waals surface area contributed by atoms with Crippen LogP contribution in [-0.4, -0.2) is 5.97 Å². The second kappa shape index (κ2) is 6.35. The summed E-state index contributed by atoms with van der Waals surface area (Å²) in [6.45, 7) is 9.25. The number of thiophene rings is 1. The summed E-state index contributed by atoms with van der Waals surface area (Å²) in [5.41, 5.74) is 4.23. The summed E-state index contributed by atoms with van der Waals surface area (Å²) < 4.78 is 0. The average molecular weight is 351 g/mol. The third-order valence-corrected chi connectivity index (χ3v) is 6.16. The van der Waals surface area contributed by atoms with Crippen molar-refractivity contribution in [3.05, 3.63) is 56.8 Å². The van der Waals surface area contributed by atoms with Crippen molar-refractivity contribution in [1.29, 1.82) is 0 Å². The molecule has 1 aromatic heterocycles. The number of carboxylic acid groups (broad SMARTS) is 1. The third kappa shape index (κ3) is 3.80. The normalized spacial score (nSPS) is 17.3. The maximum absolute atomic E-state index is 10.7. The molecule has 2 aromatic rings. The van der Waals surface area contributed by atoms with E-state index < -0.39 is 5.97 Å². The van der Waals surface area contributed by atoms with Crippen LogP contribution in [-0.2, 0) is 22.0 Å². The van der Waals surface area contributed by atoms with E-state index in [-0.39, 0.29) is 17.3 Å². The lowest BCUT2D eigenvalue weighted by Crippen LogP contribution is -2.33. The molecule has 0 radical (unpaired) electrons. The molecule has 1 aliphatic rings. The van der Waals surface area contributed by atoms with Gasteiger partial charge in [-0.25, -0.2) is 0 Å². The summed E-state index contributed by atoms with van der Waals surface area (Å²) in [5, 5.41) is 10.7. The molecular weight excluding hydrogens is 328 g/mol. The molecule has 1 aliphatic carbocycles. The first-order valence-electron chi connectivity index (χ1n) is 8.63. The summed E-state index contributed by atoms with van der Waals surface area (Å²) in [5.74, 6) is 5.35. The summed E-state index contributed by atoms with van der Waals surface area (Å²) in [4.78, 5) is 12.3. The molecule has 0 saturated heterocycles. The SMILES string of the molecule is CC1(C)CCC(C)(C)c2cc(C#Cc3ccc(CC(=O)[O-])s3)ccc21. The zero-order valence-electron chi connectivity index (χ0n) is 15.2. The van der Waals surface area contributed by atoms with Crippen molar-refractivity contribution in [2.45, 2.75) is 57.8 Å². The van der Waals surface area contributed by atoms with E-state index in [1.54, 1.807) is 0 Å². The molecule has 130 valence electrons. The average Bonchev–Trinajstić information content (AvgIpc) is 2.96. The number of carbonyl (C=O) groups is 1. The maximum atomic E-state index is 10.7. The van der Waals surface area contributed by atoms with E-state index in [2.05, 4.69) is 57.7 Å². The standard InChI is InChI=1S/C22H24O2S/c1-21(2)11-12-22(3,4)19-13-15(6-10-18(19)21)5-7-16-8-9-17(25-16)14-20(23)24/h6,8-10,13H,11-12,14H2,1-4H3,(H,23,24)/p-1. The number of carbonyl (C=O) groups excluding carboxylic acids is 1. The van der Waals surface area contributed by atoms with E-state index in [1.165, 1.54) is 35.3 Å². The first kappa shape index (κ1) is 17.8. The van der Waals surface area contributed by atoms with E-state index in [4.69, 9.17) is 0 Å². The molecule has 0 N–H and O–H groups in total. The van der Waals surface area contributed by atoms with Gasteiger partial charge in [0.25, 0.3) is 0 Å². The van der Waals surface area contributed by atoms with Gasteiger partial charge in [0.2, 0.25) is 0 Å². The summed E-state index contributed by atoms with van der Waals surface area (Å²) in [6, 6.07) is 10.3. The Bertz CT molecular complexity index is 875. The van der Waals surface area contributed by atoms with Gasteiger partial charge in [-0.2, -0.15) is 0 Å². The van der Waals surface area contributed by atoms with Gasteiger partial charge in [0, 0.05) is 22.8 Å². The fourth-order valence-electron chi connectivity index (χ4n) is 3.48. The van der Waals surface area contributed by atoms with Crippen molar-refractivity contribution in [2.24, 2.45) is 0 Å². The summed E-state index contributed by atoms with van der Waals surface area (Å²) in [6.07, 6.45) is 2.34. The van der Waals surface area contributed by atoms with Crippen LogP contribution in [0.4, 0.5) is 0 Å². The molecule has 0 aliphatic heterocycles. The molecule has 0 amide bonds. The molecule has 0 spiro atoms. The molecule has 0 unspecified atom stereocenters. The van der Waals surface area contributed by atoms with Crippen molar-refractivity contribution in [3.63, 3.8) is 0 Å². The van der Waals surface area contributed by atoms with E-state index in [1.807, 2.05) is 12.1 Å². The fraction of sp³-hybridized carbons (Fsp3) is 0.409. The van der Waals surface area contributed by atoms with Gasteiger partial charge in [-0.15, -0.1) is 11.3 Å². The number of hydrogen-bond acceptors (Lipinski definition) is 3. The van der Waals surface area contributed by atoms with Crippen LogP contribution in [0.25, 0.3) is 0 Å². The topological polar surface area (TPSA) is 40.1 Å². The van der Waals surface area contributed by atoms with E-state index in [9.17, 15) is 9.90 Å². The van der Waals surface area contributed by atoms with Gasteiger partial charge in [0.15, 0.2) is 0 Å². The Morgan fingerprint density at radius 3 is 2.40 bits per heavy atom. The van der Waals surface area contributed by atoms with Crippen molar-refractivity contribution in [3.8, 4) is 11.8 Å². The predicted octanol–water partition coefficient (Wildman–Crippen LogP) is 3.79. The molecule has 0 bridgehead atoms.